The van der Waals surface area contributed by atoms with Gasteiger partial charge in [-0.05, 0) is 43.4 Å². The first-order valence-electron chi connectivity index (χ1n) is 11.0. The van der Waals surface area contributed by atoms with E-state index in [4.69, 9.17) is 0 Å². The quantitative estimate of drug-likeness (QED) is 0.795. The molecule has 0 unspecified atom stereocenters. The highest BCUT2D eigenvalue weighted by Crippen LogP contribution is 2.47. The number of carboxylic acid groups (broad SMARTS) is 1. The Bertz CT molecular complexity index is 862. The lowest BCUT2D eigenvalue weighted by Crippen LogP contribution is -2.46. The fraction of sp³-hybridized carbons (Fsp3) is 0.609. The zero-order valence-corrected chi connectivity index (χ0v) is 18.1. The van der Waals surface area contributed by atoms with E-state index in [2.05, 4.69) is 0 Å². The molecule has 31 heavy (non-hydrogen) atoms. The molecule has 2 saturated heterocycles. The fourth-order valence-corrected chi connectivity index (χ4v) is 4.91. The predicted molar refractivity (Wildman–Crippen MR) is 112 cm³/mol. The number of likely N-dealkylation sites (tertiary alicyclic amines) is 2. The number of amides is 3. The van der Waals surface area contributed by atoms with E-state index >= 15 is 0 Å². The van der Waals surface area contributed by atoms with Crippen LogP contribution in [0.15, 0.2) is 24.3 Å². The summed E-state index contributed by atoms with van der Waals surface area (Å²) in [6.07, 6.45) is 2.12. The molecule has 0 aromatic heterocycles. The van der Waals surface area contributed by atoms with E-state index in [1.54, 1.807) is 17.0 Å². The fourth-order valence-electron chi connectivity index (χ4n) is 4.91. The number of hydrogen-bond acceptors (Lipinski definition) is 3. The van der Waals surface area contributed by atoms with Crippen LogP contribution in [0.5, 0.6) is 0 Å². The Kier molecular flexibility index (Phi) is 5.66. The Labute approximate surface area is 181 Å². The van der Waals surface area contributed by atoms with Gasteiger partial charge in [0.25, 0.3) is 0 Å². The summed E-state index contributed by atoms with van der Waals surface area (Å²) in [5.41, 5.74) is 0.635. The first-order chi connectivity index (χ1) is 14.7. The minimum Gasteiger partial charge on any atom is -0.465 e. The molecule has 2 aliphatic heterocycles. The summed E-state index contributed by atoms with van der Waals surface area (Å²) in [4.78, 5) is 42.3. The minimum atomic E-state index is -1.05. The second kappa shape index (κ2) is 8.13. The van der Waals surface area contributed by atoms with Gasteiger partial charge in [0.2, 0.25) is 11.8 Å². The number of hydrogen-bond donors (Lipinski definition) is 1. The van der Waals surface area contributed by atoms with Crippen LogP contribution in [0.1, 0.15) is 44.1 Å². The Morgan fingerprint density at radius 1 is 1.06 bits per heavy atom. The van der Waals surface area contributed by atoms with Crippen molar-refractivity contribution in [2.24, 2.45) is 11.3 Å². The number of rotatable bonds is 4. The van der Waals surface area contributed by atoms with E-state index in [-0.39, 0.29) is 40.9 Å². The number of benzene rings is 1. The van der Waals surface area contributed by atoms with Crippen LogP contribution in [-0.2, 0) is 9.59 Å². The van der Waals surface area contributed by atoms with Gasteiger partial charge in [0.05, 0.1) is 6.04 Å². The smallest absolute Gasteiger partial charge is 0.407 e. The van der Waals surface area contributed by atoms with Gasteiger partial charge in [0.15, 0.2) is 0 Å². The van der Waals surface area contributed by atoms with Gasteiger partial charge in [0, 0.05) is 50.5 Å². The van der Waals surface area contributed by atoms with E-state index in [9.17, 15) is 23.9 Å². The van der Waals surface area contributed by atoms with E-state index in [0.717, 1.165) is 18.4 Å². The molecule has 8 heteroatoms. The predicted octanol–water partition coefficient (Wildman–Crippen LogP) is 2.77. The highest BCUT2D eigenvalue weighted by Gasteiger charge is 2.48. The van der Waals surface area contributed by atoms with Gasteiger partial charge in [-0.25, -0.2) is 9.18 Å². The number of carbonyl (C=O) groups is 3. The second-order valence-corrected chi connectivity index (χ2v) is 9.49. The van der Waals surface area contributed by atoms with Crippen LogP contribution in [0.2, 0.25) is 0 Å². The number of piperidine rings is 1. The monoisotopic (exact) mass is 431 g/mol. The largest absolute Gasteiger partial charge is 0.465 e. The average Bonchev–Trinajstić information content (AvgIpc) is 3.37. The van der Waals surface area contributed by atoms with E-state index in [0.29, 0.717) is 39.0 Å². The van der Waals surface area contributed by atoms with Crippen molar-refractivity contribution in [2.75, 3.05) is 33.2 Å². The van der Waals surface area contributed by atoms with Gasteiger partial charge in [-0.3, -0.25) is 9.59 Å². The van der Waals surface area contributed by atoms with E-state index in [1.165, 1.54) is 24.1 Å². The summed E-state index contributed by atoms with van der Waals surface area (Å²) in [7, 11) is 1.51. The van der Waals surface area contributed by atoms with E-state index in [1.807, 2.05) is 11.8 Å². The summed E-state index contributed by atoms with van der Waals surface area (Å²) in [6, 6.07) is 5.68. The molecule has 3 fully saturated rings. The summed E-state index contributed by atoms with van der Waals surface area (Å²) in [5.74, 6) is -0.475. The molecule has 168 valence electrons. The number of carbonyl (C=O) groups excluding carboxylic acids is 2. The summed E-state index contributed by atoms with van der Waals surface area (Å²) in [6.45, 7) is 3.92. The lowest BCUT2D eigenvalue weighted by molar-refractivity contribution is -0.142. The maximum atomic E-state index is 13.4. The van der Waals surface area contributed by atoms with E-state index < -0.39 is 6.09 Å². The Balaban J connectivity index is 1.43. The lowest BCUT2D eigenvalue weighted by Gasteiger charge is -2.34. The number of halogens is 1. The molecule has 7 nitrogen and oxygen atoms in total. The molecule has 1 aliphatic carbocycles. The molecule has 3 aliphatic rings. The normalized spacial score (nSPS) is 25.4. The van der Waals surface area contributed by atoms with Crippen molar-refractivity contribution in [3.63, 3.8) is 0 Å². The molecule has 0 radical (unpaired) electrons. The van der Waals surface area contributed by atoms with Crippen molar-refractivity contribution in [1.82, 2.24) is 14.7 Å². The zero-order valence-electron chi connectivity index (χ0n) is 18.1. The van der Waals surface area contributed by atoms with Crippen molar-refractivity contribution in [3.8, 4) is 0 Å². The van der Waals surface area contributed by atoms with Crippen molar-refractivity contribution in [2.45, 2.75) is 44.6 Å². The second-order valence-electron chi connectivity index (χ2n) is 9.49. The highest BCUT2D eigenvalue weighted by molar-refractivity contribution is 5.85. The van der Waals surface area contributed by atoms with Gasteiger partial charge in [-0.15, -0.1) is 0 Å². The average molecular weight is 432 g/mol. The van der Waals surface area contributed by atoms with Gasteiger partial charge >= 0.3 is 6.09 Å². The van der Waals surface area contributed by atoms with Crippen LogP contribution in [0.25, 0.3) is 0 Å². The maximum Gasteiger partial charge on any atom is 0.407 e. The topological polar surface area (TPSA) is 81.2 Å². The van der Waals surface area contributed by atoms with Crippen molar-refractivity contribution >= 4 is 17.9 Å². The Hall–Kier alpha value is -2.64. The van der Waals surface area contributed by atoms with Gasteiger partial charge in [-0.1, -0.05) is 19.1 Å². The molecular formula is C23H30FN3O4. The van der Waals surface area contributed by atoms with Crippen molar-refractivity contribution in [1.29, 1.82) is 0 Å². The van der Waals surface area contributed by atoms with Crippen molar-refractivity contribution < 1.29 is 23.9 Å². The molecule has 2 atom stereocenters. The standard InChI is InChI=1S/C23H30FN3O4/c1-23(9-10-23)21(29)26-11-7-16(8-12-26)20(28)27-13-18(15-3-5-17(24)6-4-15)19(14-27)25(2)22(30)31/h3-6,16,18-19H,7-14H2,1-2H3,(H,30,31)/t18-,19+/m0/s1. The highest BCUT2D eigenvalue weighted by atomic mass is 19.1. The van der Waals surface area contributed by atoms with Crippen LogP contribution in [0.3, 0.4) is 0 Å². The number of nitrogens with zero attached hydrogens (tertiary/aromatic N) is 3. The number of likely N-dealkylation sites (N-methyl/N-ethyl adjacent to an activating group) is 1. The van der Waals surface area contributed by atoms with Crippen LogP contribution in [0, 0.1) is 17.2 Å². The Morgan fingerprint density at radius 3 is 2.23 bits per heavy atom. The van der Waals surface area contributed by atoms with Crippen molar-refractivity contribution in [3.05, 3.63) is 35.6 Å². The summed E-state index contributed by atoms with van der Waals surface area (Å²) in [5, 5.41) is 9.50. The zero-order chi connectivity index (χ0) is 22.3. The maximum absolute atomic E-state index is 13.4. The summed E-state index contributed by atoms with van der Waals surface area (Å²) >= 11 is 0. The third-order valence-electron chi connectivity index (χ3n) is 7.35. The molecule has 0 bridgehead atoms. The SMILES string of the molecule is CN(C(=O)O)[C@@H]1CN(C(=O)C2CCN(C(=O)C3(C)CC3)CC2)C[C@H]1c1ccc(F)cc1. The molecular weight excluding hydrogens is 401 g/mol. The lowest BCUT2D eigenvalue weighted by atomic mass is 9.93. The third-order valence-corrected chi connectivity index (χ3v) is 7.35. The third kappa shape index (κ3) is 4.25. The van der Waals surface area contributed by atoms with Gasteiger partial charge in [0.1, 0.15) is 5.82 Å². The molecule has 2 heterocycles. The molecule has 4 rings (SSSR count). The molecule has 1 aromatic rings. The first-order valence-corrected chi connectivity index (χ1v) is 11.0. The minimum absolute atomic E-state index is 0.0260. The van der Waals surface area contributed by atoms with Gasteiger partial charge < -0.3 is 19.8 Å². The molecule has 0 spiro atoms. The van der Waals surface area contributed by atoms with Crippen LogP contribution in [-0.4, -0.2) is 77.0 Å². The van der Waals surface area contributed by atoms with Crippen LogP contribution in [0.4, 0.5) is 9.18 Å². The van der Waals surface area contributed by atoms with Crippen LogP contribution < -0.4 is 0 Å². The Morgan fingerprint density at radius 2 is 1.68 bits per heavy atom. The van der Waals surface area contributed by atoms with Crippen LogP contribution >= 0.6 is 0 Å². The molecule has 1 N–H and O–H groups in total. The summed E-state index contributed by atoms with van der Waals surface area (Å²) < 4.78 is 13.4. The first kappa shape index (κ1) is 21.6. The molecule has 1 aromatic carbocycles. The molecule has 1 saturated carbocycles. The molecule has 3 amide bonds. The van der Waals surface area contributed by atoms with Gasteiger partial charge in [-0.2, -0.15) is 0 Å².